The van der Waals surface area contributed by atoms with Crippen LogP contribution in [0.5, 0.6) is 0 Å². The highest BCUT2D eigenvalue weighted by molar-refractivity contribution is 9.10. The molecule has 4 heteroatoms. The summed E-state index contributed by atoms with van der Waals surface area (Å²) in [6.07, 6.45) is 4.04. The molecule has 2 aromatic rings. The van der Waals surface area contributed by atoms with Crippen molar-refractivity contribution in [3.63, 3.8) is 0 Å². The number of nitrogens with zero attached hydrogens (tertiary/aromatic N) is 1. The first kappa shape index (κ1) is 12.4. The summed E-state index contributed by atoms with van der Waals surface area (Å²) in [4.78, 5) is 3.30. The SMILES string of the molecule is CC1CCC(Cn2c(=S)[nH]c3cc(Br)ccc32)C1. The van der Waals surface area contributed by atoms with Crippen LogP contribution in [0, 0.1) is 16.6 Å². The van der Waals surface area contributed by atoms with Crippen LogP contribution in [0.3, 0.4) is 0 Å². The average Bonchev–Trinajstić information content (AvgIpc) is 2.84. The predicted molar refractivity (Wildman–Crippen MR) is 81.3 cm³/mol. The van der Waals surface area contributed by atoms with Gasteiger partial charge in [0.15, 0.2) is 4.77 Å². The van der Waals surface area contributed by atoms with Gasteiger partial charge in [-0.05, 0) is 55.1 Å². The molecule has 3 rings (SSSR count). The second-order valence-electron chi connectivity index (χ2n) is 5.49. The number of nitrogens with one attached hydrogen (secondary N) is 1. The lowest BCUT2D eigenvalue weighted by Crippen LogP contribution is -2.07. The molecule has 0 bridgehead atoms. The van der Waals surface area contributed by atoms with Crippen molar-refractivity contribution < 1.29 is 0 Å². The van der Waals surface area contributed by atoms with Gasteiger partial charge in [-0.3, -0.25) is 0 Å². The molecule has 1 N–H and O–H groups in total. The Labute approximate surface area is 121 Å². The van der Waals surface area contributed by atoms with Gasteiger partial charge >= 0.3 is 0 Å². The molecule has 1 aromatic carbocycles. The summed E-state index contributed by atoms with van der Waals surface area (Å²) < 4.78 is 4.20. The van der Waals surface area contributed by atoms with Crippen LogP contribution in [-0.2, 0) is 6.54 Å². The van der Waals surface area contributed by atoms with Gasteiger partial charge in [0.25, 0.3) is 0 Å². The number of hydrogen-bond donors (Lipinski definition) is 1. The molecule has 2 unspecified atom stereocenters. The molecule has 2 nitrogen and oxygen atoms in total. The fraction of sp³-hybridized carbons (Fsp3) is 0.500. The zero-order valence-corrected chi connectivity index (χ0v) is 12.9. The van der Waals surface area contributed by atoms with E-state index in [1.54, 1.807) is 0 Å². The van der Waals surface area contributed by atoms with Crippen LogP contribution in [0.15, 0.2) is 22.7 Å². The molecule has 1 saturated carbocycles. The summed E-state index contributed by atoms with van der Waals surface area (Å²) in [5.41, 5.74) is 2.35. The normalized spacial score (nSPS) is 23.9. The van der Waals surface area contributed by atoms with Gasteiger partial charge in [0, 0.05) is 11.0 Å². The molecule has 0 radical (unpaired) electrons. The summed E-state index contributed by atoms with van der Waals surface area (Å²) in [6.45, 7) is 3.41. The lowest BCUT2D eigenvalue weighted by atomic mass is 10.1. The highest BCUT2D eigenvalue weighted by Gasteiger charge is 2.22. The monoisotopic (exact) mass is 324 g/mol. The van der Waals surface area contributed by atoms with Crippen LogP contribution in [0.4, 0.5) is 0 Å². The molecule has 2 atom stereocenters. The van der Waals surface area contributed by atoms with E-state index < -0.39 is 0 Å². The summed E-state index contributed by atoms with van der Waals surface area (Å²) >= 11 is 8.95. The van der Waals surface area contributed by atoms with E-state index in [0.29, 0.717) is 0 Å². The Morgan fingerprint density at radius 2 is 2.28 bits per heavy atom. The molecule has 18 heavy (non-hydrogen) atoms. The van der Waals surface area contributed by atoms with Gasteiger partial charge < -0.3 is 9.55 Å². The lowest BCUT2D eigenvalue weighted by Gasteiger charge is -2.11. The summed E-state index contributed by atoms with van der Waals surface area (Å²) in [7, 11) is 0. The van der Waals surface area contributed by atoms with E-state index in [1.165, 1.54) is 24.8 Å². The molecule has 96 valence electrons. The maximum atomic E-state index is 5.45. The van der Waals surface area contributed by atoms with Crippen molar-refractivity contribution >= 4 is 39.2 Å². The molecule has 1 aliphatic carbocycles. The van der Waals surface area contributed by atoms with Gasteiger partial charge in [0.05, 0.1) is 11.0 Å². The predicted octanol–water partition coefficient (Wildman–Crippen LogP) is 4.90. The molecule has 0 spiro atoms. The number of benzene rings is 1. The standard InChI is InChI=1S/C14H17BrN2S/c1-9-2-3-10(6-9)8-17-13-5-4-11(15)7-12(13)16-14(17)18/h4-5,7,9-10H,2-3,6,8H2,1H3,(H,16,18). The maximum Gasteiger partial charge on any atom is 0.178 e. The van der Waals surface area contributed by atoms with Gasteiger partial charge in [-0.25, -0.2) is 0 Å². The summed E-state index contributed by atoms with van der Waals surface area (Å²) in [6, 6.07) is 6.32. The van der Waals surface area contributed by atoms with Crippen molar-refractivity contribution in [2.24, 2.45) is 11.8 Å². The minimum absolute atomic E-state index is 0.786. The first-order chi connectivity index (χ1) is 8.63. The van der Waals surface area contributed by atoms with Crippen molar-refractivity contribution in [1.82, 2.24) is 9.55 Å². The fourth-order valence-electron chi connectivity index (χ4n) is 3.07. The molecular formula is C14H17BrN2S. The molecule has 1 fully saturated rings. The Kier molecular flexibility index (Phi) is 3.32. The molecule has 0 amide bonds. The number of fused-ring (bicyclic) bond motifs is 1. The molecule has 1 aromatic heterocycles. The maximum absolute atomic E-state index is 5.45. The second-order valence-corrected chi connectivity index (χ2v) is 6.79. The number of imidazole rings is 1. The summed E-state index contributed by atoms with van der Waals surface area (Å²) in [5, 5.41) is 0. The number of hydrogen-bond acceptors (Lipinski definition) is 1. The van der Waals surface area contributed by atoms with E-state index in [9.17, 15) is 0 Å². The van der Waals surface area contributed by atoms with Crippen LogP contribution in [-0.4, -0.2) is 9.55 Å². The van der Waals surface area contributed by atoms with Crippen LogP contribution < -0.4 is 0 Å². The zero-order chi connectivity index (χ0) is 12.7. The van der Waals surface area contributed by atoms with Crippen molar-refractivity contribution in [2.75, 3.05) is 0 Å². The number of H-pyrrole nitrogens is 1. The van der Waals surface area contributed by atoms with E-state index in [2.05, 4.69) is 50.6 Å². The van der Waals surface area contributed by atoms with E-state index in [0.717, 1.165) is 33.1 Å². The molecule has 1 heterocycles. The third-order valence-electron chi connectivity index (χ3n) is 3.98. The first-order valence-corrected chi connectivity index (χ1v) is 7.71. The van der Waals surface area contributed by atoms with Crippen molar-refractivity contribution in [1.29, 1.82) is 0 Å². The van der Waals surface area contributed by atoms with Crippen molar-refractivity contribution in [3.8, 4) is 0 Å². The summed E-state index contributed by atoms with van der Waals surface area (Å²) in [5.74, 6) is 1.66. The van der Waals surface area contributed by atoms with Gasteiger partial charge in [-0.1, -0.05) is 29.3 Å². The highest BCUT2D eigenvalue weighted by Crippen LogP contribution is 2.32. The molecular weight excluding hydrogens is 308 g/mol. The van der Waals surface area contributed by atoms with Gasteiger partial charge in [-0.15, -0.1) is 0 Å². The Morgan fingerprint density at radius 3 is 3.00 bits per heavy atom. The largest absolute Gasteiger partial charge is 0.331 e. The van der Waals surface area contributed by atoms with Crippen LogP contribution in [0.25, 0.3) is 11.0 Å². The Bertz CT molecular complexity index is 628. The quantitative estimate of drug-likeness (QED) is 0.779. The van der Waals surface area contributed by atoms with Crippen molar-refractivity contribution in [3.05, 3.63) is 27.4 Å². The van der Waals surface area contributed by atoms with Crippen LogP contribution in [0.1, 0.15) is 26.2 Å². The van der Waals surface area contributed by atoms with Crippen molar-refractivity contribution in [2.45, 2.75) is 32.7 Å². The number of rotatable bonds is 2. The second kappa shape index (κ2) is 4.82. The third kappa shape index (κ3) is 2.28. The van der Waals surface area contributed by atoms with E-state index in [1.807, 2.05) is 0 Å². The Balaban J connectivity index is 1.96. The Hall–Kier alpha value is -0.610. The van der Waals surface area contributed by atoms with E-state index >= 15 is 0 Å². The minimum atomic E-state index is 0.786. The van der Waals surface area contributed by atoms with E-state index in [4.69, 9.17) is 12.2 Å². The van der Waals surface area contributed by atoms with Crippen LogP contribution >= 0.6 is 28.1 Å². The smallest absolute Gasteiger partial charge is 0.178 e. The first-order valence-electron chi connectivity index (χ1n) is 6.51. The zero-order valence-electron chi connectivity index (χ0n) is 10.4. The molecule has 0 saturated heterocycles. The number of aromatic nitrogens is 2. The van der Waals surface area contributed by atoms with E-state index in [-0.39, 0.29) is 0 Å². The van der Waals surface area contributed by atoms with Gasteiger partial charge in [0.1, 0.15) is 0 Å². The lowest BCUT2D eigenvalue weighted by molar-refractivity contribution is 0.444. The number of halogens is 1. The average molecular weight is 325 g/mol. The highest BCUT2D eigenvalue weighted by atomic mass is 79.9. The van der Waals surface area contributed by atoms with Crippen LogP contribution in [0.2, 0.25) is 0 Å². The minimum Gasteiger partial charge on any atom is -0.331 e. The molecule has 1 aliphatic rings. The number of aromatic amines is 1. The topological polar surface area (TPSA) is 20.7 Å². The molecule has 0 aliphatic heterocycles. The van der Waals surface area contributed by atoms with Gasteiger partial charge in [-0.2, -0.15) is 0 Å². The third-order valence-corrected chi connectivity index (χ3v) is 4.80. The Morgan fingerprint density at radius 1 is 1.44 bits per heavy atom. The van der Waals surface area contributed by atoms with Gasteiger partial charge in [0.2, 0.25) is 0 Å². The fourth-order valence-corrected chi connectivity index (χ4v) is 3.71.